The maximum absolute atomic E-state index is 11.2. The Kier molecular flexibility index (Phi) is 6.01. The van der Waals surface area contributed by atoms with Gasteiger partial charge in [-0.1, -0.05) is 65.0 Å². The molecular weight excluding hydrogens is 356 g/mol. The van der Waals surface area contributed by atoms with Crippen molar-refractivity contribution in [1.29, 1.82) is 0 Å². The van der Waals surface area contributed by atoms with Crippen LogP contribution in [0.15, 0.2) is 11.1 Å². The van der Waals surface area contributed by atoms with Crippen molar-refractivity contribution in [1.82, 2.24) is 0 Å². The zero-order chi connectivity index (χ0) is 21.0. The fraction of sp³-hybridized carbons (Fsp3) is 0.926. The molecule has 0 radical (unpaired) electrons. The zero-order valence-corrected chi connectivity index (χ0v) is 19.7. The normalized spacial score (nSPS) is 45.7. The van der Waals surface area contributed by atoms with Gasteiger partial charge in [0, 0.05) is 5.41 Å². The van der Waals surface area contributed by atoms with Crippen molar-refractivity contribution < 1.29 is 10.2 Å². The first kappa shape index (κ1) is 21.9. The minimum atomic E-state index is -0.272. The smallest absolute Gasteiger partial charge is 0.0637 e. The van der Waals surface area contributed by atoms with E-state index in [-0.39, 0.29) is 17.6 Å². The van der Waals surface area contributed by atoms with Crippen molar-refractivity contribution in [2.45, 2.75) is 117 Å². The lowest BCUT2D eigenvalue weighted by molar-refractivity contribution is -0.0455. The number of aliphatic hydroxyl groups excluding tert-OH is 2. The van der Waals surface area contributed by atoms with Crippen LogP contribution in [0.4, 0.5) is 0 Å². The van der Waals surface area contributed by atoms with E-state index in [2.05, 4.69) is 34.6 Å². The first-order valence-corrected chi connectivity index (χ1v) is 12.8. The van der Waals surface area contributed by atoms with Crippen LogP contribution in [-0.2, 0) is 0 Å². The first-order chi connectivity index (χ1) is 13.7. The number of fused-ring (bicyclic) bond motifs is 4. The minimum absolute atomic E-state index is 0.167. The lowest BCUT2D eigenvalue weighted by atomic mass is 9.50. The quantitative estimate of drug-likeness (QED) is 0.515. The third-order valence-corrected chi connectivity index (χ3v) is 10.2. The molecule has 0 aromatic carbocycles. The van der Waals surface area contributed by atoms with Crippen molar-refractivity contribution >= 4 is 0 Å². The van der Waals surface area contributed by atoms with Crippen molar-refractivity contribution in [2.24, 2.45) is 40.4 Å². The molecule has 0 aromatic rings. The van der Waals surface area contributed by atoms with E-state index in [0.29, 0.717) is 11.3 Å². The molecule has 8 unspecified atom stereocenters. The third kappa shape index (κ3) is 3.65. The summed E-state index contributed by atoms with van der Waals surface area (Å²) in [7, 11) is 0. The SMILES string of the molecule is CC(C)CCCC(C)C1CCC2C3CC(O)C4(C)CC(O)CCC4=C3CCC12C. The van der Waals surface area contributed by atoms with Gasteiger partial charge in [-0.25, -0.2) is 0 Å². The van der Waals surface area contributed by atoms with E-state index in [1.807, 2.05) is 0 Å². The van der Waals surface area contributed by atoms with E-state index in [9.17, 15) is 10.2 Å². The summed E-state index contributed by atoms with van der Waals surface area (Å²) in [6.07, 6.45) is 12.6. The van der Waals surface area contributed by atoms with Crippen LogP contribution in [0.3, 0.4) is 0 Å². The van der Waals surface area contributed by atoms with Crippen molar-refractivity contribution in [3.05, 3.63) is 11.1 Å². The molecule has 2 nitrogen and oxygen atoms in total. The molecule has 0 heterocycles. The number of hydrogen-bond donors (Lipinski definition) is 2. The Morgan fingerprint density at radius 3 is 2.48 bits per heavy atom. The molecule has 3 fully saturated rings. The molecule has 0 bridgehead atoms. The Balaban J connectivity index is 1.54. The van der Waals surface area contributed by atoms with Crippen LogP contribution >= 0.6 is 0 Å². The Bertz CT molecular complexity index is 636. The Hall–Kier alpha value is -0.340. The monoisotopic (exact) mass is 402 g/mol. The van der Waals surface area contributed by atoms with E-state index in [1.165, 1.54) is 44.9 Å². The van der Waals surface area contributed by atoms with Gasteiger partial charge < -0.3 is 10.2 Å². The van der Waals surface area contributed by atoms with Gasteiger partial charge in [0.05, 0.1) is 12.2 Å². The fourth-order valence-corrected chi connectivity index (χ4v) is 8.50. The molecule has 29 heavy (non-hydrogen) atoms. The van der Waals surface area contributed by atoms with Crippen LogP contribution in [0.2, 0.25) is 0 Å². The lowest BCUT2D eigenvalue weighted by Gasteiger charge is -2.55. The summed E-state index contributed by atoms with van der Waals surface area (Å²) in [6.45, 7) is 12.1. The van der Waals surface area contributed by atoms with Gasteiger partial charge in [0.25, 0.3) is 0 Å². The summed E-state index contributed by atoms with van der Waals surface area (Å²) < 4.78 is 0. The van der Waals surface area contributed by atoms with Gasteiger partial charge in [-0.05, 0) is 86.4 Å². The fourth-order valence-electron chi connectivity index (χ4n) is 8.50. The van der Waals surface area contributed by atoms with E-state index >= 15 is 0 Å². The van der Waals surface area contributed by atoms with E-state index in [1.54, 1.807) is 11.1 Å². The highest BCUT2D eigenvalue weighted by Crippen LogP contribution is 2.65. The average molecular weight is 403 g/mol. The summed E-state index contributed by atoms with van der Waals surface area (Å²) in [5.74, 6) is 3.90. The van der Waals surface area contributed by atoms with Crippen LogP contribution in [0.25, 0.3) is 0 Å². The predicted molar refractivity (Wildman–Crippen MR) is 121 cm³/mol. The largest absolute Gasteiger partial charge is 0.393 e. The predicted octanol–water partition coefficient (Wildman–Crippen LogP) is 6.50. The molecule has 4 aliphatic carbocycles. The summed E-state index contributed by atoms with van der Waals surface area (Å²) in [6, 6.07) is 0. The van der Waals surface area contributed by atoms with E-state index in [4.69, 9.17) is 0 Å². The van der Waals surface area contributed by atoms with Crippen molar-refractivity contribution in [3.63, 3.8) is 0 Å². The second-order valence-corrected chi connectivity index (χ2v) is 12.3. The van der Waals surface area contributed by atoms with Crippen molar-refractivity contribution in [3.8, 4) is 0 Å². The zero-order valence-electron chi connectivity index (χ0n) is 19.7. The van der Waals surface area contributed by atoms with Gasteiger partial charge >= 0.3 is 0 Å². The van der Waals surface area contributed by atoms with E-state index in [0.717, 1.165) is 49.4 Å². The van der Waals surface area contributed by atoms with Gasteiger partial charge in [-0.2, -0.15) is 0 Å². The molecule has 2 N–H and O–H groups in total. The molecule has 2 heteroatoms. The second-order valence-electron chi connectivity index (χ2n) is 12.3. The van der Waals surface area contributed by atoms with Crippen LogP contribution < -0.4 is 0 Å². The third-order valence-electron chi connectivity index (χ3n) is 10.2. The Labute approximate surface area is 179 Å². The number of aliphatic hydroxyl groups is 2. The number of rotatable bonds is 5. The maximum atomic E-state index is 11.2. The van der Waals surface area contributed by atoms with Crippen molar-refractivity contribution in [2.75, 3.05) is 0 Å². The molecule has 0 saturated heterocycles. The second kappa shape index (κ2) is 7.97. The molecule has 0 aliphatic heterocycles. The molecule has 0 spiro atoms. The topological polar surface area (TPSA) is 40.5 Å². The highest BCUT2D eigenvalue weighted by atomic mass is 16.3. The number of allylic oxidation sites excluding steroid dienone is 1. The highest BCUT2D eigenvalue weighted by molar-refractivity contribution is 5.34. The lowest BCUT2D eigenvalue weighted by Crippen LogP contribution is -2.50. The first-order valence-electron chi connectivity index (χ1n) is 12.8. The number of hydrogen-bond acceptors (Lipinski definition) is 2. The standard InChI is InChI=1S/C27H46O2/c1-17(2)7-6-8-18(3)22-11-12-24-21-15-25(29)27(5)16-19(28)9-10-23(27)20(21)13-14-26(22,24)4/h17-19,21-22,24-25,28-29H,6-16H2,1-5H3. The maximum Gasteiger partial charge on any atom is 0.0637 e. The Morgan fingerprint density at radius 1 is 1.00 bits per heavy atom. The Morgan fingerprint density at radius 2 is 1.76 bits per heavy atom. The summed E-state index contributed by atoms with van der Waals surface area (Å²) in [5.41, 5.74) is 3.58. The van der Waals surface area contributed by atoms with Gasteiger partial charge in [0.2, 0.25) is 0 Å². The van der Waals surface area contributed by atoms with Crippen LogP contribution in [0.1, 0.15) is 105 Å². The summed E-state index contributed by atoms with van der Waals surface area (Å²) in [5, 5.41) is 21.5. The molecular formula is C27H46O2. The average Bonchev–Trinajstić information content (AvgIpc) is 2.99. The molecule has 8 atom stereocenters. The van der Waals surface area contributed by atoms with Gasteiger partial charge in [0.15, 0.2) is 0 Å². The highest BCUT2D eigenvalue weighted by Gasteiger charge is 2.57. The van der Waals surface area contributed by atoms with Crippen LogP contribution in [0.5, 0.6) is 0 Å². The minimum Gasteiger partial charge on any atom is -0.393 e. The molecule has 4 aliphatic rings. The van der Waals surface area contributed by atoms with Crippen LogP contribution in [-0.4, -0.2) is 22.4 Å². The molecule has 3 saturated carbocycles. The molecule has 0 aromatic heterocycles. The molecule has 0 amide bonds. The molecule has 4 rings (SSSR count). The summed E-state index contributed by atoms with van der Waals surface area (Å²) in [4.78, 5) is 0. The van der Waals surface area contributed by atoms with E-state index < -0.39 is 0 Å². The molecule has 166 valence electrons. The van der Waals surface area contributed by atoms with Gasteiger partial charge in [-0.3, -0.25) is 0 Å². The van der Waals surface area contributed by atoms with Crippen LogP contribution in [0, 0.1) is 40.4 Å². The van der Waals surface area contributed by atoms with Gasteiger partial charge in [0.1, 0.15) is 0 Å². The summed E-state index contributed by atoms with van der Waals surface area (Å²) >= 11 is 0. The van der Waals surface area contributed by atoms with Gasteiger partial charge in [-0.15, -0.1) is 0 Å².